The minimum Gasteiger partial charge on any atom is -0.488 e. The third-order valence-corrected chi connectivity index (χ3v) is 4.15. The highest BCUT2D eigenvalue weighted by molar-refractivity contribution is 6.07. The van der Waals surface area contributed by atoms with Crippen molar-refractivity contribution in [3.63, 3.8) is 0 Å². The number of likely N-dealkylation sites (N-methyl/N-ethyl adjacent to an activating group) is 1. The molecule has 1 atom stereocenters. The largest absolute Gasteiger partial charge is 0.488 e. The van der Waals surface area contributed by atoms with E-state index in [1.165, 1.54) is 5.56 Å². The molecular weight excluding hydrogens is 276 g/mol. The average Bonchev–Trinajstić information content (AvgIpc) is 2.80. The second-order valence-corrected chi connectivity index (χ2v) is 6.01. The van der Waals surface area contributed by atoms with Gasteiger partial charge in [0.2, 0.25) is 5.91 Å². The van der Waals surface area contributed by atoms with E-state index >= 15 is 0 Å². The summed E-state index contributed by atoms with van der Waals surface area (Å²) in [7, 11) is 1.93. The smallest absolute Gasteiger partial charge is 0.234 e. The van der Waals surface area contributed by atoms with Gasteiger partial charge in [0, 0.05) is 18.5 Å². The quantitative estimate of drug-likeness (QED) is 0.879. The van der Waals surface area contributed by atoms with Gasteiger partial charge in [0.05, 0.1) is 11.1 Å². The Bertz CT molecular complexity index is 569. The van der Waals surface area contributed by atoms with E-state index < -0.39 is 5.41 Å². The molecule has 0 aromatic heterocycles. The Kier molecular flexibility index (Phi) is 3.73. The first kappa shape index (κ1) is 15.1. The number of carbonyl (C=O) groups excluding carboxylic acids is 1. The highest BCUT2D eigenvalue weighted by atomic mass is 35.5. The van der Waals surface area contributed by atoms with Crippen molar-refractivity contribution in [3.05, 3.63) is 22.8 Å². The van der Waals surface area contributed by atoms with Crippen molar-refractivity contribution >= 4 is 24.0 Å². The molecule has 1 aromatic rings. The summed E-state index contributed by atoms with van der Waals surface area (Å²) in [6.07, 6.45) is 1.08. The van der Waals surface area contributed by atoms with Crippen molar-refractivity contribution in [1.82, 2.24) is 5.32 Å². The number of fused-ring (bicyclic) bond motifs is 3. The average molecular weight is 297 g/mol. The summed E-state index contributed by atoms with van der Waals surface area (Å²) in [5.41, 5.74) is 3.81. The van der Waals surface area contributed by atoms with Gasteiger partial charge in [-0.1, -0.05) is 6.07 Å². The van der Waals surface area contributed by atoms with Crippen LogP contribution < -0.4 is 15.4 Å². The van der Waals surface area contributed by atoms with Crippen LogP contribution in [0.3, 0.4) is 0 Å². The molecule has 5 heteroatoms. The maximum Gasteiger partial charge on any atom is 0.234 e. The molecule has 0 fully saturated rings. The number of ether oxygens (including phenoxy) is 1. The fraction of sp³-hybridized carbons (Fsp3) is 0.533. The standard InChI is InChI=1S/C15H20N2O2.ClH/c1-8-5-9-6-10(7-16-4)19-13(9)11-12(8)17-14(18)15(11,2)3;/h5,10,16H,6-7H2,1-4H3,(H,17,18);1H. The van der Waals surface area contributed by atoms with Crippen LogP contribution in [0.1, 0.15) is 30.5 Å². The fourth-order valence-electron chi connectivity index (χ4n) is 3.09. The lowest BCUT2D eigenvalue weighted by Gasteiger charge is -2.19. The number of rotatable bonds is 2. The molecule has 1 aromatic carbocycles. The van der Waals surface area contributed by atoms with Gasteiger partial charge in [0.25, 0.3) is 0 Å². The van der Waals surface area contributed by atoms with E-state index in [0.717, 1.165) is 35.5 Å². The normalized spacial score (nSPS) is 21.6. The third kappa shape index (κ3) is 1.98. The summed E-state index contributed by atoms with van der Waals surface area (Å²) in [6, 6.07) is 2.14. The number of carbonyl (C=O) groups is 1. The first-order valence-corrected chi connectivity index (χ1v) is 6.74. The van der Waals surface area contributed by atoms with Gasteiger partial charge in [-0.3, -0.25) is 4.79 Å². The second-order valence-electron chi connectivity index (χ2n) is 6.01. The van der Waals surface area contributed by atoms with Gasteiger partial charge >= 0.3 is 0 Å². The molecule has 20 heavy (non-hydrogen) atoms. The van der Waals surface area contributed by atoms with Crippen LogP contribution in [0.2, 0.25) is 0 Å². The molecule has 0 saturated heterocycles. The Morgan fingerprint density at radius 3 is 2.85 bits per heavy atom. The number of amides is 1. The Labute approximate surface area is 125 Å². The number of nitrogens with one attached hydrogen (secondary N) is 2. The monoisotopic (exact) mass is 296 g/mol. The van der Waals surface area contributed by atoms with Crippen molar-refractivity contribution in [1.29, 1.82) is 0 Å². The Balaban J connectivity index is 0.00000147. The van der Waals surface area contributed by atoms with Crippen LogP contribution in [-0.2, 0) is 16.6 Å². The van der Waals surface area contributed by atoms with Crippen LogP contribution in [0.4, 0.5) is 5.69 Å². The summed E-state index contributed by atoms with van der Waals surface area (Å²) in [5.74, 6) is 0.976. The summed E-state index contributed by atoms with van der Waals surface area (Å²) >= 11 is 0. The minimum atomic E-state index is -0.514. The molecular formula is C15H21ClN2O2. The summed E-state index contributed by atoms with van der Waals surface area (Å²) in [4.78, 5) is 12.1. The van der Waals surface area contributed by atoms with Gasteiger partial charge in [-0.25, -0.2) is 0 Å². The first-order chi connectivity index (χ1) is 8.95. The van der Waals surface area contributed by atoms with E-state index in [1.54, 1.807) is 0 Å². The van der Waals surface area contributed by atoms with Crippen LogP contribution in [-0.4, -0.2) is 25.6 Å². The highest BCUT2D eigenvalue weighted by Gasteiger charge is 2.44. The maximum absolute atomic E-state index is 12.1. The molecule has 4 nitrogen and oxygen atoms in total. The molecule has 2 aliphatic heterocycles. The summed E-state index contributed by atoms with van der Waals surface area (Å²) < 4.78 is 6.07. The number of aryl methyl sites for hydroxylation is 1. The predicted octanol–water partition coefficient (Wildman–Crippen LogP) is 2.17. The van der Waals surface area contributed by atoms with E-state index in [0.29, 0.717) is 0 Å². The van der Waals surface area contributed by atoms with Crippen molar-refractivity contribution in [2.75, 3.05) is 18.9 Å². The zero-order valence-electron chi connectivity index (χ0n) is 12.3. The van der Waals surface area contributed by atoms with Crippen LogP contribution in [0.5, 0.6) is 5.75 Å². The zero-order valence-corrected chi connectivity index (χ0v) is 13.1. The molecule has 3 rings (SSSR count). The summed E-state index contributed by atoms with van der Waals surface area (Å²) in [6.45, 7) is 6.79. The fourth-order valence-corrected chi connectivity index (χ4v) is 3.09. The van der Waals surface area contributed by atoms with Gasteiger partial charge in [-0.05, 0) is 38.9 Å². The van der Waals surface area contributed by atoms with Crippen molar-refractivity contribution in [3.8, 4) is 5.75 Å². The van der Waals surface area contributed by atoms with E-state index in [1.807, 2.05) is 27.8 Å². The van der Waals surface area contributed by atoms with Gasteiger partial charge in [0.15, 0.2) is 0 Å². The zero-order chi connectivity index (χ0) is 13.8. The molecule has 0 bridgehead atoms. The topological polar surface area (TPSA) is 50.4 Å². The number of anilines is 1. The van der Waals surface area contributed by atoms with E-state index in [2.05, 4.69) is 16.7 Å². The predicted molar refractivity (Wildman–Crippen MR) is 82.1 cm³/mol. The van der Waals surface area contributed by atoms with Crippen molar-refractivity contribution in [2.45, 2.75) is 38.7 Å². The molecule has 0 aliphatic carbocycles. The molecule has 0 saturated carbocycles. The van der Waals surface area contributed by atoms with Gasteiger partial charge in [-0.2, -0.15) is 0 Å². The van der Waals surface area contributed by atoms with Crippen LogP contribution >= 0.6 is 12.4 Å². The lowest BCUT2D eigenvalue weighted by Crippen LogP contribution is -2.29. The van der Waals surface area contributed by atoms with Crippen LogP contribution in [0.25, 0.3) is 0 Å². The third-order valence-electron chi connectivity index (χ3n) is 4.15. The number of hydrogen-bond acceptors (Lipinski definition) is 3. The second kappa shape index (κ2) is 4.93. The Morgan fingerprint density at radius 2 is 2.20 bits per heavy atom. The maximum atomic E-state index is 12.1. The SMILES string of the molecule is CNCC1Cc2cc(C)c3c(c2O1)C(C)(C)C(=O)N3.Cl. The molecule has 110 valence electrons. The van der Waals surface area contributed by atoms with Crippen LogP contribution in [0.15, 0.2) is 6.07 Å². The van der Waals surface area contributed by atoms with E-state index in [4.69, 9.17) is 4.74 Å². The lowest BCUT2D eigenvalue weighted by molar-refractivity contribution is -0.119. The van der Waals surface area contributed by atoms with E-state index in [-0.39, 0.29) is 24.4 Å². The molecule has 0 spiro atoms. The molecule has 2 N–H and O–H groups in total. The van der Waals surface area contributed by atoms with Crippen molar-refractivity contribution in [2.24, 2.45) is 0 Å². The first-order valence-electron chi connectivity index (χ1n) is 6.74. The lowest BCUT2D eigenvalue weighted by atomic mass is 9.83. The van der Waals surface area contributed by atoms with Crippen molar-refractivity contribution < 1.29 is 9.53 Å². The van der Waals surface area contributed by atoms with Crippen LogP contribution in [0, 0.1) is 6.92 Å². The number of halogens is 1. The molecule has 2 heterocycles. The minimum absolute atomic E-state index is 0. The Morgan fingerprint density at radius 1 is 1.50 bits per heavy atom. The number of benzene rings is 1. The molecule has 0 radical (unpaired) electrons. The number of hydrogen-bond donors (Lipinski definition) is 2. The van der Waals surface area contributed by atoms with Gasteiger partial charge in [0.1, 0.15) is 11.9 Å². The molecule has 1 amide bonds. The molecule has 1 unspecified atom stereocenters. The van der Waals surface area contributed by atoms with E-state index in [9.17, 15) is 4.79 Å². The Hall–Kier alpha value is -1.26. The van der Waals surface area contributed by atoms with Gasteiger partial charge in [-0.15, -0.1) is 12.4 Å². The highest BCUT2D eigenvalue weighted by Crippen LogP contribution is 2.49. The summed E-state index contributed by atoms with van der Waals surface area (Å²) in [5, 5.41) is 6.15. The molecule has 2 aliphatic rings. The van der Waals surface area contributed by atoms with Gasteiger partial charge < -0.3 is 15.4 Å².